The molecule has 0 radical (unpaired) electrons. The summed E-state index contributed by atoms with van der Waals surface area (Å²) in [5, 5.41) is 13.7. The van der Waals surface area contributed by atoms with E-state index in [-0.39, 0.29) is 11.2 Å². The molecule has 21 heavy (non-hydrogen) atoms. The molecule has 0 unspecified atom stereocenters. The van der Waals surface area contributed by atoms with Crippen LogP contribution < -0.4 is 10.9 Å². The Labute approximate surface area is 134 Å². The minimum Gasteiger partial charge on any atom is -0.383 e. The average molecular weight is 400 g/mol. The molecule has 0 spiro atoms. The van der Waals surface area contributed by atoms with Crippen LogP contribution in [0.4, 0.5) is 11.4 Å². The highest BCUT2D eigenvalue weighted by molar-refractivity contribution is 14.1. The molecule has 0 saturated heterocycles. The Bertz CT molecular complexity index is 758. The average Bonchev–Trinajstić information content (AvgIpc) is 2.47. The molecule has 8 heteroatoms. The number of hydrogen-bond acceptors (Lipinski definition) is 5. The number of nitrogens with one attached hydrogen (secondary N) is 1. The lowest BCUT2D eigenvalue weighted by Crippen LogP contribution is -2.24. The summed E-state index contributed by atoms with van der Waals surface area (Å²) >= 11 is 1.97. The zero-order chi connectivity index (χ0) is 15.6. The highest BCUT2D eigenvalue weighted by Crippen LogP contribution is 2.25. The number of halogens is 1. The van der Waals surface area contributed by atoms with Crippen LogP contribution in [-0.2, 0) is 6.54 Å². The maximum absolute atomic E-state index is 12.1. The molecule has 1 aromatic carbocycles. The van der Waals surface area contributed by atoms with E-state index in [1.165, 1.54) is 17.0 Å². The van der Waals surface area contributed by atoms with Crippen molar-refractivity contribution < 1.29 is 4.92 Å². The van der Waals surface area contributed by atoms with Gasteiger partial charge in [0, 0.05) is 13.1 Å². The molecule has 0 atom stereocenters. The van der Waals surface area contributed by atoms with Crippen LogP contribution in [-0.4, -0.2) is 21.5 Å². The normalized spacial score (nSPS) is 10.4. The lowest BCUT2D eigenvalue weighted by molar-refractivity contribution is -0.383. The molecule has 1 heterocycles. The van der Waals surface area contributed by atoms with Gasteiger partial charge in [-0.2, -0.15) is 0 Å². The summed E-state index contributed by atoms with van der Waals surface area (Å²) in [4.78, 5) is 26.7. The van der Waals surface area contributed by atoms with Crippen molar-refractivity contribution in [3.8, 4) is 0 Å². The minimum atomic E-state index is -0.446. The van der Waals surface area contributed by atoms with E-state index in [0.29, 0.717) is 21.5 Å². The second kappa shape index (κ2) is 6.20. The number of aromatic nitrogens is 2. The van der Waals surface area contributed by atoms with Crippen molar-refractivity contribution in [3.05, 3.63) is 59.8 Å². The smallest absolute Gasteiger partial charge is 0.292 e. The maximum atomic E-state index is 12.1. The van der Waals surface area contributed by atoms with Crippen LogP contribution in [0.5, 0.6) is 0 Å². The first-order valence-corrected chi connectivity index (χ1v) is 7.18. The van der Waals surface area contributed by atoms with Gasteiger partial charge >= 0.3 is 0 Å². The molecule has 0 aliphatic carbocycles. The van der Waals surface area contributed by atoms with E-state index in [2.05, 4.69) is 10.3 Å². The predicted octanol–water partition coefficient (Wildman–Crippen LogP) is 2.15. The molecule has 0 aliphatic heterocycles. The van der Waals surface area contributed by atoms with Crippen LogP contribution in [0.15, 0.2) is 29.3 Å². The number of benzene rings is 1. The standard InChI is InChI=1S/C13H13IN4O3/c1-8-12(14)13(19)17(7-16-8)6-9-3-4-11(18(20)21)10(5-9)15-2/h3-5,7,15H,6H2,1-2H3. The molecule has 0 bridgehead atoms. The first kappa shape index (κ1) is 15.4. The van der Waals surface area contributed by atoms with Gasteiger partial charge in [0.25, 0.3) is 11.2 Å². The number of nitro benzene ring substituents is 1. The van der Waals surface area contributed by atoms with E-state index < -0.39 is 4.92 Å². The monoisotopic (exact) mass is 400 g/mol. The summed E-state index contributed by atoms with van der Waals surface area (Å²) < 4.78 is 2.06. The Kier molecular flexibility index (Phi) is 4.56. The highest BCUT2D eigenvalue weighted by atomic mass is 127. The van der Waals surface area contributed by atoms with E-state index in [9.17, 15) is 14.9 Å². The number of aryl methyl sites for hydroxylation is 1. The molecule has 110 valence electrons. The van der Waals surface area contributed by atoms with Gasteiger partial charge in [0.05, 0.1) is 27.1 Å². The van der Waals surface area contributed by atoms with Crippen LogP contribution in [0.2, 0.25) is 0 Å². The van der Waals surface area contributed by atoms with Crippen molar-refractivity contribution in [1.29, 1.82) is 0 Å². The van der Waals surface area contributed by atoms with E-state index in [4.69, 9.17) is 0 Å². The molecular weight excluding hydrogens is 387 g/mol. The van der Waals surface area contributed by atoms with Crippen molar-refractivity contribution in [3.63, 3.8) is 0 Å². The number of rotatable bonds is 4. The molecule has 0 saturated carbocycles. The Hall–Kier alpha value is -1.97. The molecule has 7 nitrogen and oxygen atoms in total. The number of hydrogen-bond donors (Lipinski definition) is 1. The van der Waals surface area contributed by atoms with Crippen LogP contribution in [0.1, 0.15) is 11.3 Å². The summed E-state index contributed by atoms with van der Waals surface area (Å²) in [6.07, 6.45) is 1.49. The molecule has 0 fully saturated rings. The van der Waals surface area contributed by atoms with Gasteiger partial charge < -0.3 is 5.32 Å². The van der Waals surface area contributed by atoms with Crippen LogP contribution in [0, 0.1) is 20.6 Å². The van der Waals surface area contributed by atoms with Gasteiger partial charge in [0.2, 0.25) is 0 Å². The maximum Gasteiger partial charge on any atom is 0.292 e. The minimum absolute atomic E-state index is 0.00482. The molecule has 1 aromatic heterocycles. The predicted molar refractivity (Wildman–Crippen MR) is 87.7 cm³/mol. The van der Waals surface area contributed by atoms with Gasteiger partial charge in [-0.1, -0.05) is 6.07 Å². The van der Waals surface area contributed by atoms with Crippen molar-refractivity contribution >= 4 is 34.0 Å². The van der Waals surface area contributed by atoms with E-state index in [1.807, 2.05) is 22.6 Å². The first-order valence-electron chi connectivity index (χ1n) is 6.10. The fourth-order valence-corrected chi connectivity index (χ4v) is 2.35. The fraction of sp³-hybridized carbons (Fsp3) is 0.231. The zero-order valence-corrected chi connectivity index (χ0v) is 13.6. The van der Waals surface area contributed by atoms with E-state index in [0.717, 1.165) is 5.56 Å². The Morgan fingerprint density at radius 1 is 1.48 bits per heavy atom. The Morgan fingerprint density at radius 2 is 2.19 bits per heavy atom. The first-order chi connectivity index (χ1) is 9.93. The van der Waals surface area contributed by atoms with Crippen molar-refractivity contribution in [2.45, 2.75) is 13.5 Å². The van der Waals surface area contributed by atoms with Gasteiger partial charge in [0.1, 0.15) is 5.69 Å². The summed E-state index contributed by atoms with van der Waals surface area (Å²) in [6.45, 7) is 2.09. The van der Waals surface area contributed by atoms with Gasteiger partial charge in [-0.25, -0.2) is 4.98 Å². The number of nitrogens with zero attached hydrogens (tertiary/aromatic N) is 3. The third-order valence-corrected chi connectivity index (χ3v) is 4.28. The topological polar surface area (TPSA) is 90.1 Å². The summed E-state index contributed by atoms with van der Waals surface area (Å²) in [6, 6.07) is 4.73. The second-order valence-electron chi connectivity index (χ2n) is 4.44. The lowest BCUT2D eigenvalue weighted by atomic mass is 10.1. The molecular formula is C13H13IN4O3. The molecule has 0 aliphatic rings. The Balaban J connectivity index is 2.39. The van der Waals surface area contributed by atoms with Gasteiger partial charge in [0.15, 0.2) is 0 Å². The summed E-state index contributed by atoms with van der Waals surface area (Å²) in [5.74, 6) is 0. The molecule has 2 aromatic rings. The number of nitro groups is 1. The Morgan fingerprint density at radius 3 is 2.81 bits per heavy atom. The lowest BCUT2D eigenvalue weighted by Gasteiger charge is -2.09. The quantitative estimate of drug-likeness (QED) is 0.483. The number of anilines is 1. The molecule has 0 amide bonds. The summed E-state index contributed by atoms with van der Waals surface area (Å²) in [7, 11) is 1.62. The van der Waals surface area contributed by atoms with Crippen molar-refractivity contribution in [2.24, 2.45) is 0 Å². The van der Waals surface area contributed by atoms with Gasteiger partial charge in [-0.3, -0.25) is 19.5 Å². The molecule has 1 N–H and O–H groups in total. The second-order valence-corrected chi connectivity index (χ2v) is 5.51. The van der Waals surface area contributed by atoms with Gasteiger partial charge in [-0.05, 0) is 41.1 Å². The van der Waals surface area contributed by atoms with Crippen LogP contribution in [0.25, 0.3) is 0 Å². The largest absolute Gasteiger partial charge is 0.383 e. The van der Waals surface area contributed by atoms with Crippen LogP contribution >= 0.6 is 22.6 Å². The van der Waals surface area contributed by atoms with Gasteiger partial charge in [-0.15, -0.1) is 0 Å². The third-order valence-electron chi connectivity index (χ3n) is 3.04. The third kappa shape index (κ3) is 3.20. The molecule has 2 rings (SSSR count). The SMILES string of the molecule is CNc1cc(Cn2cnc(C)c(I)c2=O)ccc1[N+](=O)[O-]. The van der Waals surface area contributed by atoms with Crippen molar-refractivity contribution in [2.75, 3.05) is 12.4 Å². The van der Waals surface area contributed by atoms with Crippen LogP contribution in [0.3, 0.4) is 0 Å². The fourth-order valence-electron chi connectivity index (χ4n) is 1.90. The van der Waals surface area contributed by atoms with Crippen molar-refractivity contribution in [1.82, 2.24) is 9.55 Å². The highest BCUT2D eigenvalue weighted by Gasteiger charge is 2.13. The zero-order valence-electron chi connectivity index (χ0n) is 11.5. The van der Waals surface area contributed by atoms with E-state index in [1.54, 1.807) is 26.1 Å². The van der Waals surface area contributed by atoms with E-state index >= 15 is 0 Å². The summed E-state index contributed by atoms with van der Waals surface area (Å²) in [5.41, 5.74) is 1.78.